The zero-order chi connectivity index (χ0) is 24.0. The third kappa shape index (κ3) is 3.42. The van der Waals surface area contributed by atoms with Crippen molar-refractivity contribution in [3.63, 3.8) is 0 Å². The van der Waals surface area contributed by atoms with Crippen molar-refractivity contribution in [2.45, 2.75) is 19.4 Å². The van der Waals surface area contributed by atoms with Crippen LogP contribution in [0.25, 0.3) is 11.0 Å². The molecule has 172 valence electrons. The number of aryl methyl sites for hydroxylation is 1. The van der Waals surface area contributed by atoms with E-state index in [9.17, 15) is 9.59 Å². The molecule has 0 saturated heterocycles. The van der Waals surface area contributed by atoms with Crippen molar-refractivity contribution < 1.29 is 18.7 Å². The van der Waals surface area contributed by atoms with Crippen LogP contribution in [0, 0.1) is 0 Å². The van der Waals surface area contributed by atoms with Gasteiger partial charge in [0.1, 0.15) is 5.58 Å². The fourth-order valence-corrected chi connectivity index (χ4v) is 4.61. The summed E-state index contributed by atoms with van der Waals surface area (Å²) in [6.07, 6.45) is 0.875. The predicted molar refractivity (Wildman–Crippen MR) is 132 cm³/mol. The molecule has 2 heterocycles. The maximum Gasteiger partial charge on any atom is 0.295 e. The summed E-state index contributed by atoms with van der Waals surface area (Å²) in [5.41, 5.74) is 2.79. The third-order valence-electron chi connectivity index (χ3n) is 6.18. The largest absolute Gasteiger partial charge is 0.493 e. The Kier molecular flexibility index (Phi) is 5.54. The summed E-state index contributed by atoms with van der Waals surface area (Å²) < 4.78 is 16.9. The van der Waals surface area contributed by atoms with Crippen LogP contribution in [0.5, 0.6) is 11.5 Å². The first kappa shape index (κ1) is 22.0. The summed E-state index contributed by atoms with van der Waals surface area (Å²) in [5.74, 6) is 0.689. The van der Waals surface area contributed by atoms with Crippen molar-refractivity contribution in [3.05, 3.63) is 98.4 Å². The summed E-state index contributed by atoms with van der Waals surface area (Å²) in [7, 11) is 3.10. The first-order valence-corrected chi connectivity index (χ1v) is 11.2. The molecule has 4 aromatic rings. The van der Waals surface area contributed by atoms with Crippen molar-refractivity contribution in [2.75, 3.05) is 19.1 Å². The van der Waals surface area contributed by atoms with Crippen LogP contribution >= 0.6 is 11.6 Å². The molecule has 1 aliphatic rings. The molecule has 0 aliphatic carbocycles. The highest BCUT2D eigenvalue weighted by Crippen LogP contribution is 2.43. The van der Waals surface area contributed by atoms with E-state index in [-0.39, 0.29) is 22.7 Å². The van der Waals surface area contributed by atoms with E-state index >= 15 is 0 Å². The SMILES string of the molecule is CCc1ccc(N2C(=O)c3oc4ccc(Cl)cc4c(=O)c3C2c2ccc(OC)c(OC)c2)cc1. The molecule has 1 aromatic heterocycles. The predicted octanol–water partition coefficient (Wildman–Crippen LogP) is 5.78. The molecule has 3 aromatic carbocycles. The Morgan fingerprint density at radius 3 is 2.35 bits per heavy atom. The van der Waals surface area contributed by atoms with Gasteiger partial charge in [0.25, 0.3) is 5.91 Å². The van der Waals surface area contributed by atoms with E-state index in [4.69, 9.17) is 25.5 Å². The summed E-state index contributed by atoms with van der Waals surface area (Å²) in [6, 6.07) is 17.2. The van der Waals surface area contributed by atoms with E-state index in [2.05, 4.69) is 6.92 Å². The molecule has 0 bridgehead atoms. The quantitative estimate of drug-likeness (QED) is 0.366. The Hall–Kier alpha value is -3.77. The number of carbonyl (C=O) groups is 1. The first-order chi connectivity index (χ1) is 16.5. The zero-order valence-corrected chi connectivity index (χ0v) is 19.7. The van der Waals surface area contributed by atoms with Gasteiger partial charge >= 0.3 is 0 Å². The second-order valence-electron chi connectivity index (χ2n) is 8.03. The molecule has 0 saturated carbocycles. The molecule has 1 aliphatic heterocycles. The average molecular weight is 476 g/mol. The van der Waals surface area contributed by atoms with E-state index in [0.717, 1.165) is 12.0 Å². The Morgan fingerprint density at radius 1 is 0.941 bits per heavy atom. The minimum Gasteiger partial charge on any atom is -0.493 e. The zero-order valence-electron chi connectivity index (χ0n) is 18.9. The summed E-state index contributed by atoms with van der Waals surface area (Å²) in [6.45, 7) is 2.07. The number of amides is 1. The molecular formula is C27H22ClNO5. The lowest BCUT2D eigenvalue weighted by atomic mass is 9.97. The minimum absolute atomic E-state index is 0.0270. The smallest absolute Gasteiger partial charge is 0.295 e. The normalized spacial score (nSPS) is 15.0. The van der Waals surface area contributed by atoms with Crippen LogP contribution < -0.4 is 19.8 Å². The molecule has 1 atom stereocenters. The van der Waals surface area contributed by atoms with Crippen molar-refractivity contribution >= 4 is 34.2 Å². The van der Waals surface area contributed by atoms with Crippen LogP contribution in [-0.4, -0.2) is 20.1 Å². The van der Waals surface area contributed by atoms with Gasteiger partial charge in [-0.3, -0.25) is 14.5 Å². The van der Waals surface area contributed by atoms with Crippen LogP contribution in [-0.2, 0) is 6.42 Å². The lowest BCUT2D eigenvalue weighted by Crippen LogP contribution is -2.29. The summed E-state index contributed by atoms with van der Waals surface area (Å²) >= 11 is 6.16. The lowest BCUT2D eigenvalue weighted by Gasteiger charge is -2.26. The number of anilines is 1. The fourth-order valence-electron chi connectivity index (χ4n) is 4.44. The van der Waals surface area contributed by atoms with Gasteiger partial charge in [-0.15, -0.1) is 0 Å². The number of rotatable bonds is 5. The van der Waals surface area contributed by atoms with Crippen molar-refractivity contribution in [1.82, 2.24) is 0 Å². The number of hydrogen-bond donors (Lipinski definition) is 0. The van der Waals surface area contributed by atoms with Gasteiger partial charge in [-0.25, -0.2) is 0 Å². The Morgan fingerprint density at radius 2 is 1.68 bits per heavy atom. The van der Waals surface area contributed by atoms with E-state index in [1.54, 1.807) is 49.5 Å². The molecule has 0 spiro atoms. The van der Waals surface area contributed by atoms with Crippen molar-refractivity contribution in [1.29, 1.82) is 0 Å². The maximum absolute atomic E-state index is 13.7. The number of benzene rings is 3. The monoisotopic (exact) mass is 475 g/mol. The summed E-state index contributed by atoms with van der Waals surface area (Å²) in [4.78, 5) is 29.0. The number of hydrogen-bond acceptors (Lipinski definition) is 5. The van der Waals surface area contributed by atoms with Crippen LogP contribution in [0.4, 0.5) is 5.69 Å². The number of nitrogens with zero attached hydrogens (tertiary/aromatic N) is 1. The molecule has 0 fully saturated rings. The molecule has 7 heteroatoms. The first-order valence-electron chi connectivity index (χ1n) is 10.9. The molecule has 0 N–H and O–H groups in total. The van der Waals surface area contributed by atoms with Gasteiger partial charge in [0, 0.05) is 10.7 Å². The van der Waals surface area contributed by atoms with E-state index in [1.165, 1.54) is 0 Å². The molecule has 0 radical (unpaired) electrons. The van der Waals surface area contributed by atoms with Gasteiger partial charge in [0.2, 0.25) is 5.76 Å². The van der Waals surface area contributed by atoms with Gasteiger partial charge in [-0.05, 0) is 60.0 Å². The number of fused-ring (bicyclic) bond motifs is 2. The minimum atomic E-state index is -0.714. The molecule has 5 rings (SSSR count). The van der Waals surface area contributed by atoms with Crippen LogP contribution in [0.3, 0.4) is 0 Å². The van der Waals surface area contributed by atoms with Crippen LogP contribution in [0.1, 0.15) is 40.2 Å². The van der Waals surface area contributed by atoms with Gasteiger partial charge in [0.05, 0.1) is 31.2 Å². The van der Waals surface area contributed by atoms with Gasteiger partial charge in [0.15, 0.2) is 16.9 Å². The van der Waals surface area contributed by atoms with Gasteiger partial charge < -0.3 is 13.9 Å². The van der Waals surface area contributed by atoms with Crippen molar-refractivity contribution in [3.8, 4) is 11.5 Å². The second-order valence-corrected chi connectivity index (χ2v) is 8.46. The molecule has 1 amide bonds. The fraction of sp³-hybridized carbons (Fsp3) is 0.185. The van der Waals surface area contributed by atoms with Crippen LogP contribution in [0.15, 0.2) is 69.9 Å². The Labute approximate surface area is 201 Å². The third-order valence-corrected chi connectivity index (χ3v) is 6.41. The number of carbonyl (C=O) groups excluding carboxylic acids is 1. The number of methoxy groups -OCH3 is 2. The number of ether oxygens (including phenoxy) is 2. The summed E-state index contributed by atoms with van der Waals surface area (Å²) in [5, 5.41) is 0.742. The maximum atomic E-state index is 13.7. The van der Waals surface area contributed by atoms with E-state index in [0.29, 0.717) is 38.7 Å². The van der Waals surface area contributed by atoms with E-state index in [1.807, 2.05) is 30.3 Å². The highest BCUT2D eigenvalue weighted by atomic mass is 35.5. The standard InChI is InChI=1S/C27H22ClNO5/c1-4-15-5-9-18(10-6-15)29-24(16-7-11-21(32-2)22(13-16)33-3)23-25(30)19-14-17(28)8-12-20(19)34-26(23)27(29)31/h5-14,24H,4H2,1-3H3. The van der Waals surface area contributed by atoms with Crippen molar-refractivity contribution in [2.24, 2.45) is 0 Å². The lowest BCUT2D eigenvalue weighted by molar-refractivity contribution is 0.0971. The van der Waals surface area contributed by atoms with Gasteiger partial charge in [-0.2, -0.15) is 0 Å². The Bertz CT molecular complexity index is 1480. The molecular weight excluding hydrogens is 454 g/mol. The molecule has 6 nitrogen and oxygen atoms in total. The van der Waals surface area contributed by atoms with Crippen LogP contribution in [0.2, 0.25) is 5.02 Å². The molecule has 1 unspecified atom stereocenters. The van der Waals surface area contributed by atoms with E-state index < -0.39 is 6.04 Å². The molecule has 34 heavy (non-hydrogen) atoms. The highest BCUT2D eigenvalue weighted by Gasteiger charge is 2.44. The topological polar surface area (TPSA) is 69.0 Å². The average Bonchev–Trinajstić information content (AvgIpc) is 3.16. The highest BCUT2D eigenvalue weighted by molar-refractivity contribution is 6.31. The Balaban J connectivity index is 1.79. The second kappa shape index (κ2) is 8.54. The number of halogens is 1. The van der Waals surface area contributed by atoms with Gasteiger partial charge in [-0.1, -0.05) is 36.7 Å².